The van der Waals surface area contributed by atoms with Crippen LogP contribution >= 0.6 is 0 Å². The zero-order chi connectivity index (χ0) is 10.7. The van der Waals surface area contributed by atoms with Gasteiger partial charge in [0.2, 0.25) is 0 Å². The third-order valence-electron chi connectivity index (χ3n) is 2.43. The number of aromatic nitrogens is 1. The molecule has 0 fully saturated rings. The molecule has 0 spiro atoms. The van der Waals surface area contributed by atoms with E-state index in [9.17, 15) is 4.79 Å². The van der Waals surface area contributed by atoms with E-state index in [1.807, 2.05) is 11.0 Å². The van der Waals surface area contributed by atoms with Gasteiger partial charge in [0.05, 0.1) is 17.4 Å². The van der Waals surface area contributed by atoms with E-state index >= 15 is 0 Å². The van der Waals surface area contributed by atoms with Crippen molar-refractivity contribution in [1.29, 1.82) is 0 Å². The Morgan fingerprint density at radius 2 is 2.33 bits per heavy atom. The standard InChI is InChI=1S/C11H12N2O2/c14-11(15)9-4-5-12-8-10(9)13-6-2-1-3-7-13/h1-2,4-5,8H,3,6-7H2,(H,14,15). The summed E-state index contributed by atoms with van der Waals surface area (Å²) in [6.07, 6.45) is 8.22. The SMILES string of the molecule is O=C(O)c1ccncc1N1CC=CCC1. The van der Waals surface area contributed by atoms with Crippen LogP contribution in [0.4, 0.5) is 5.69 Å². The molecule has 4 heteroatoms. The minimum absolute atomic E-state index is 0.320. The minimum Gasteiger partial charge on any atom is -0.478 e. The first-order valence-corrected chi connectivity index (χ1v) is 4.86. The monoisotopic (exact) mass is 204 g/mol. The van der Waals surface area contributed by atoms with E-state index < -0.39 is 5.97 Å². The Morgan fingerprint density at radius 3 is 3.00 bits per heavy atom. The van der Waals surface area contributed by atoms with Crippen LogP contribution in [-0.4, -0.2) is 29.1 Å². The van der Waals surface area contributed by atoms with Crippen LogP contribution in [-0.2, 0) is 0 Å². The smallest absolute Gasteiger partial charge is 0.337 e. The van der Waals surface area contributed by atoms with Gasteiger partial charge in [0.15, 0.2) is 0 Å². The molecule has 1 aliphatic rings. The number of hydrogen-bond donors (Lipinski definition) is 1. The second-order valence-electron chi connectivity index (χ2n) is 3.40. The number of carboxylic acids is 1. The number of nitrogens with zero attached hydrogens (tertiary/aromatic N) is 2. The molecule has 2 rings (SSSR count). The van der Waals surface area contributed by atoms with Gasteiger partial charge in [-0.1, -0.05) is 12.2 Å². The number of anilines is 1. The van der Waals surface area contributed by atoms with Crippen LogP contribution in [0.25, 0.3) is 0 Å². The van der Waals surface area contributed by atoms with Crippen LogP contribution in [0.3, 0.4) is 0 Å². The van der Waals surface area contributed by atoms with Gasteiger partial charge in [0.25, 0.3) is 0 Å². The zero-order valence-corrected chi connectivity index (χ0v) is 8.26. The first kappa shape index (κ1) is 9.71. The lowest BCUT2D eigenvalue weighted by molar-refractivity contribution is 0.0697. The Labute approximate surface area is 87.9 Å². The van der Waals surface area contributed by atoms with E-state index in [-0.39, 0.29) is 0 Å². The van der Waals surface area contributed by atoms with Crippen molar-refractivity contribution in [2.75, 3.05) is 18.0 Å². The van der Waals surface area contributed by atoms with Crippen molar-refractivity contribution in [3.05, 3.63) is 36.2 Å². The predicted molar refractivity (Wildman–Crippen MR) is 57.2 cm³/mol. The van der Waals surface area contributed by atoms with Crippen molar-refractivity contribution >= 4 is 11.7 Å². The third kappa shape index (κ3) is 1.98. The van der Waals surface area contributed by atoms with E-state index in [4.69, 9.17) is 5.11 Å². The van der Waals surface area contributed by atoms with E-state index in [2.05, 4.69) is 11.1 Å². The number of pyridine rings is 1. The largest absolute Gasteiger partial charge is 0.478 e. The van der Waals surface area contributed by atoms with Crippen LogP contribution in [0.5, 0.6) is 0 Å². The summed E-state index contributed by atoms with van der Waals surface area (Å²) in [6, 6.07) is 1.54. The van der Waals surface area contributed by atoms with Gasteiger partial charge < -0.3 is 10.0 Å². The number of carbonyl (C=O) groups is 1. The highest BCUT2D eigenvalue weighted by molar-refractivity contribution is 5.94. The average molecular weight is 204 g/mol. The van der Waals surface area contributed by atoms with Gasteiger partial charge in [-0.25, -0.2) is 4.79 Å². The minimum atomic E-state index is -0.901. The fourth-order valence-corrected chi connectivity index (χ4v) is 1.68. The topological polar surface area (TPSA) is 53.4 Å². The van der Waals surface area contributed by atoms with Gasteiger partial charge in [-0.2, -0.15) is 0 Å². The normalized spacial score (nSPS) is 15.3. The van der Waals surface area contributed by atoms with E-state index in [1.165, 1.54) is 12.3 Å². The quantitative estimate of drug-likeness (QED) is 0.742. The van der Waals surface area contributed by atoms with Crippen molar-refractivity contribution in [2.24, 2.45) is 0 Å². The van der Waals surface area contributed by atoms with Crippen molar-refractivity contribution in [1.82, 2.24) is 4.98 Å². The molecule has 0 saturated heterocycles. The van der Waals surface area contributed by atoms with Crippen molar-refractivity contribution < 1.29 is 9.90 Å². The summed E-state index contributed by atoms with van der Waals surface area (Å²) in [5, 5.41) is 9.02. The summed E-state index contributed by atoms with van der Waals surface area (Å²) < 4.78 is 0. The highest BCUT2D eigenvalue weighted by Crippen LogP contribution is 2.20. The number of rotatable bonds is 2. The maximum atomic E-state index is 11.0. The lowest BCUT2D eigenvalue weighted by atomic mass is 10.1. The second kappa shape index (κ2) is 4.13. The molecular weight excluding hydrogens is 192 g/mol. The zero-order valence-electron chi connectivity index (χ0n) is 8.26. The Kier molecular flexibility index (Phi) is 2.67. The summed E-state index contributed by atoms with van der Waals surface area (Å²) in [6.45, 7) is 1.61. The van der Waals surface area contributed by atoms with Crippen LogP contribution in [0.15, 0.2) is 30.6 Å². The maximum Gasteiger partial charge on any atom is 0.337 e. The number of aromatic carboxylic acids is 1. The molecule has 1 aromatic rings. The Balaban J connectivity index is 2.34. The fraction of sp³-hybridized carbons (Fsp3) is 0.273. The lowest BCUT2D eigenvalue weighted by Gasteiger charge is -2.26. The van der Waals surface area contributed by atoms with Crippen molar-refractivity contribution in [3.8, 4) is 0 Å². The molecule has 0 unspecified atom stereocenters. The summed E-state index contributed by atoms with van der Waals surface area (Å²) in [7, 11) is 0. The lowest BCUT2D eigenvalue weighted by Crippen LogP contribution is -2.28. The first-order chi connectivity index (χ1) is 7.29. The molecule has 4 nitrogen and oxygen atoms in total. The molecule has 0 atom stereocenters. The molecule has 0 bridgehead atoms. The molecule has 78 valence electrons. The van der Waals surface area contributed by atoms with Gasteiger partial charge in [-0.15, -0.1) is 0 Å². The summed E-state index contributed by atoms with van der Waals surface area (Å²) >= 11 is 0. The predicted octanol–water partition coefficient (Wildman–Crippen LogP) is 1.55. The molecule has 0 amide bonds. The molecule has 1 aliphatic heterocycles. The Morgan fingerprint density at radius 1 is 1.47 bits per heavy atom. The van der Waals surface area contributed by atoms with E-state index in [0.717, 1.165) is 19.5 Å². The van der Waals surface area contributed by atoms with Crippen LogP contribution in [0.2, 0.25) is 0 Å². The number of hydrogen-bond acceptors (Lipinski definition) is 3. The third-order valence-corrected chi connectivity index (χ3v) is 2.43. The molecule has 1 N–H and O–H groups in total. The molecule has 0 aromatic carbocycles. The van der Waals surface area contributed by atoms with Crippen LogP contribution < -0.4 is 4.90 Å². The second-order valence-corrected chi connectivity index (χ2v) is 3.40. The molecule has 0 aliphatic carbocycles. The molecular formula is C11H12N2O2. The molecule has 2 heterocycles. The summed E-state index contributed by atoms with van der Waals surface area (Å²) in [5.41, 5.74) is 1.02. The fourth-order valence-electron chi connectivity index (χ4n) is 1.68. The molecule has 0 saturated carbocycles. The molecule has 1 aromatic heterocycles. The van der Waals surface area contributed by atoms with Gasteiger partial charge in [0.1, 0.15) is 0 Å². The van der Waals surface area contributed by atoms with Crippen LogP contribution in [0.1, 0.15) is 16.8 Å². The van der Waals surface area contributed by atoms with Crippen molar-refractivity contribution in [3.63, 3.8) is 0 Å². The highest BCUT2D eigenvalue weighted by atomic mass is 16.4. The summed E-state index contributed by atoms with van der Waals surface area (Å²) in [5.74, 6) is -0.901. The van der Waals surface area contributed by atoms with Crippen molar-refractivity contribution in [2.45, 2.75) is 6.42 Å². The van der Waals surface area contributed by atoms with Gasteiger partial charge in [-0.3, -0.25) is 4.98 Å². The number of carboxylic acid groups (broad SMARTS) is 1. The average Bonchev–Trinajstić information content (AvgIpc) is 2.30. The first-order valence-electron chi connectivity index (χ1n) is 4.86. The van der Waals surface area contributed by atoms with E-state index in [0.29, 0.717) is 11.3 Å². The van der Waals surface area contributed by atoms with Gasteiger partial charge >= 0.3 is 5.97 Å². The Bertz CT molecular complexity index is 401. The molecule has 0 radical (unpaired) electrons. The maximum absolute atomic E-state index is 11.0. The van der Waals surface area contributed by atoms with E-state index in [1.54, 1.807) is 6.20 Å². The summed E-state index contributed by atoms with van der Waals surface area (Å²) in [4.78, 5) is 17.0. The van der Waals surface area contributed by atoms with Gasteiger partial charge in [-0.05, 0) is 12.5 Å². The Hall–Kier alpha value is -1.84. The highest BCUT2D eigenvalue weighted by Gasteiger charge is 2.15. The van der Waals surface area contributed by atoms with Crippen LogP contribution in [0, 0.1) is 0 Å². The van der Waals surface area contributed by atoms with Gasteiger partial charge in [0, 0.05) is 19.3 Å². The molecule has 15 heavy (non-hydrogen) atoms.